The molecule has 0 heterocycles. The first kappa shape index (κ1) is 17.8. The summed E-state index contributed by atoms with van der Waals surface area (Å²) in [5.41, 5.74) is -0.544. The first-order chi connectivity index (χ1) is 9.69. The highest BCUT2D eigenvalue weighted by atomic mass is 16.6. The van der Waals surface area contributed by atoms with Crippen molar-refractivity contribution in [3.05, 3.63) is 0 Å². The quantitative estimate of drug-likeness (QED) is 0.868. The first-order valence-corrected chi connectivity index (χ1v) is 7.92. The second-order valence-corrected chi connectivity index (χ2v) is 7.09. The molecule has 5 heteroatoms. The summed E-state index contributed by atoms with van der Waals surface area (Å²) >= 11 is 0. The summed E-state index contributed by atoms with van der Waals surface area (Å²) in [4.78, 5) is 25.1. The van der Waals surface area contributed by atoms with E-state index in [0.717, 1.165) is 0 Å². The predicted octanol–water partition coefficient (Wildman–Crippen LogP) is 2.94. The molecule has 0 aromatic carbocycles. The smallest absolute Gasteiger partial charge is 0.410 e. The van der Waals surface area contributed by atoms with Crippen molar-refractivity contribution in [1.29, 1.82) is 0 Å². The summed E-state index contributed by atoms with van der Waals surface area (Å²) < 4.78 is 5.23. The second kappa shape index (κ2) is 7.66. The van der Waals surface area contributed by atoms with E-state index in [9.17, 15) is 9.59 Å². The average molecular weight is 298 g/mol. The van der Waals surface area contributed by atoms with E-state index in [1.807, 2.05) is 20.8 Å². The van der Waals surface area contributed by atoms with Gasteiger partial charge in [0, 0.05) is 13.1 Å². The maximum Gasteiger partial charge on any atom is 0.410 e. The van der Waals surface area contributed by atoms with Crippen LogP contribution < -0.4 is 5.32 Å². The second-order valence-electron chi connectivity index (χ2n) is 7.09. The summed E-state index contributed by atoms with van der Waals surface area (Å²) in [7, 11) is 1.58. The summed E-state index contributed by atoms with van der Waals surface area (Å²) in [5, 5.41) is 3.01. The summed E-state index contributed by atoms with van der Waals surface area (Å²) in [6.45, 7) is 7.52. The van der Waals surface area contributed by atoms with Gasteiger partial charge in [0.05, 0.1) is 0 Å². The monoisotopic (exact) mass is 298 g/mol. The number of carbonyl (C=O) groups is 2. The Morgan fingerprint density at radius 3 is 2.33 bits per heavy atom. The highest BCUT2D eigenvalue weighted by Crippen LogP contribution is 2.26. The zero-order chi connectivity index (χ0) is 16.0. The number of nitrogens with one attached hydrogen (secondary N) is 1. The maximum absolute atomic E-state index is 12.0. The molecule has 1 saturated carbocycles. The van der Waals surface area contributed by atoms with E-state index < -0.39 is 11.7 Å². The Morgan fingerprint density at radius 2 is 1.81 bits per heavy atom. The molecule has 0 aromatic heterocycles. The number of likely N-dealkylation sites (N-methyl/N-ethyl adjacent to an activating group) is 1. The Bertz CT molecular complexity index is 357. The number of hydrogen-bond acceptors (Lipinski definition) is 3. The third-order valence-electron chi connectivity index (χ3n) is 3.83. The van der Waals surface area contributed by atoms with Crippen LogP contribution in [0.5, 0.6) is 0 Å². The molecular weight excluding hydrogens is 268 g/mol. The van der Waals surface area contributed by atoms with Gasteiger partial charge in [-0.1, -0.05) is 19.3 Å². The molecule has 1 aliphatic carbocycles. The van der Waals surface area contributed by atoms with Crippen LogP contribution in [0.15, 0.2) is 0 Å². The predicted molar refractivity (Wildman–Crippen MR) is 83.0 cm³/mol. The van der Waals surface area contributed by atoms with E-state index in [-0.39, 0.29) is 18.5 Å². The van der Waals surface area contributed by atoms with Gasteiger partial charge < -0.3 is 15.0 Å². The molecule has 0 aromatic rings. The van der Waals surface area contributed by atoms with Gasteiger partial charge in [-0.25, -0.2) is 4.79 Å². The van der Waals surface area contributed by atoms with Gasteiger partial charge in [0.15, 0.2) is 0 Å². The van der Waals surface area contributed by atoms with Crippen LogP contribution in [0.3, 0.4) is 0 Å². The van der Waals surface area contributed by atoms with Gasteiger partial charge in [0.25, 0.3) is 0 Å². The van der Waals surface area contributed by atoms with E-state index in [2.05, 4.69) is 12.2 Å². The van der Waals surface area contributed by atoms with Gasteiger partial charge >= 0.3 is 6.09 Å². The fourth-order valence-electron chi connectivity index (χ4n) is 2.67. The van der Waals surface area contributed by atoms with Crippen molar-refractivity contribution in [2.75, 3.05) is 13.6 Å². The van der Waals surface area contributed by atoms with Crippen LogP contribution in [-0.2, 0) is 9.53 Å². The SMILES string of the molecule is CC(NC(=O)CN(C)C(=O)OC(C)(C)C)C1CCCCC1. The fourth-order valence-corrected chi connectivity index (χ4v) is 2.67. The molecular formula is C16H30N2O3. The number of nitrogens with zero attached hydrogens (tertiary/aromatic N) is 1. The lowest BCUT2D eigenvalue weighted by Crippen LogP contribution is -2.45. The zero-order valence-corrected chi connectivity index (χ0v) is 14.1. The topological polar surface area (TPSA) is 58.6 Å². The minimum Gasteiger partial charge on any atom is -0.444 e. The van der Waals surface area contributed by atoms with Crippen molar-refractivity contribution >= 4 is 12.0 Å². The van der Waals surface area contributed by atoms with Crippen LogP contribution in [0.1, 0.15) is 59.8 Å². The average Bonchev–Trinajstić information content (AvgIpc) is 2.37. The van der Waals surface area contributed by atoms with Crippen LogP contribution in [0.25, 0.3) is 0 Å². The number of amides is 2. The van der Waals surface area contributed by atoms with Gasteiger partial charge in [-0.3, -0.25) is 4.79 Å². The van der Waals surface area contributed by atoms with Crippen LogP contribution in [0, 0.1) is 5.92 Å². The van der Waals surface area contributed by atoms with Crippen molar-refractivity contribution in [1.82, 2.24) is 10.2 Å². The summed E-state index contributed by atoms with van der Waals surface area (Å²) in [6.07, 6.45) is 5.71. The Morgan fingerprint density at radius 1 is 1.24 bits per heavy atom. The van der Waals surface area contributed by atoms with Gasteiger partial charge in [-0.15, -0.1) is 0 Å². The fraction of sp³-hybridized carbons (Fsp3) is 0.875. The van der Waals surface area contributed by atoms with Gasteiger partial charge in [0.2, 0.25) is 5.91 Å². The molecule has 1 rings (SSSR count). The Balaban J connectivity index is 2.36. The lowest BCUT2D eigenvalue weighted by molar-refractivity contribution is -0.123. The van der Waals surface area contributed by atoms with Crippen molar-refractivity contribution < 1.29 is 14.3 Å². The standard InChI is InChI=1S/C16H30N2O3/c1-12(13-9-7-6-8-10-13)17-14(19)11-18(5)15(20)21-16(2,3)4/h12-13H,6-11H2,1-5H3,(H,17,19). The van der Waals surface area contributed by atoms with E-state index in [4.69, 9.17) is 4.74 Å². The summed E-state index contributed by atoms with van der Waals surface area (Å²) in [5.74, 6) is 0.441. The third-order valence-corrected chi connectivity index (χ3v) is 3.83. The van der Waals surface area contributed by atoms with Crippen LogP contribution in [0.4, 0.5) is 4.79 Å². The molecule has 2 amide bonds. The lowest BCUT2D eigenvalue weighted by Gasteiger charge is -2.29. The van der Waals surface area contributed by atoms with E-state index >= 15 is 0 Å². The molecule has 0 aliphatic heterocycles. The van der Waals surface area contributed by atoms with Gasteiger partial charge in [0.1, 0.15) is 12.1 Å². The van der Waals surface area contributed by atoms with Gasteiger partial charge in [-0.2, -0.15) is 0 Å². The molecule has 0 saturated heterocycles. The highest BCUT2D eigenvalue weighted by Gasteiger charge is 2.24. The molecule has 1 N–H and O–H groups in total. The molecule has 0 spiro atoms. The number of carbonyl (C=O) groups excluding carboxylic acids is 2. The minimum absolute atomic E-state index is 0.0337. The maximum atomic E-state index is 12.0. The Labute approximate surface area is 128 Å². The molecule has 1 fully saturated rings. The number of hydrogen-bond donors (Lipinski definition) is 1. The van der Waals surface area contributed by atoms with E-state index in [1.165, 1.54) is 37.0 Å². The number of ether oxygens (including phenoxy) is 1. The molecule has 5 nitrogen and oxygen atoms in total. The van der Waals surface area contributed by atoms with E-state index in [0.29, 0.717) is 5.92 Å². The Hall–Kier alpha value is -1.26. The number of rotatable bonds is 4. The largest absolute Gasteiger partial charge is 0.444 e. The van der Waals surface area contributed by atoms with Crippen molar-refractivity contribution in [3.8, 4) is 0 Å². The normalized spacial score (nSPS) is 18.0. The molecule has 122 valence electrons. The van der Waals surface area contributed by atoms with Crippen molar-refractivity contribution in [2.45, 2.75) is 71.4 Å². The lowest BCUT2D eigenvalue weighted by atomic mass is 9.84. The van der Waals surface area contributed by atoms with Crippen molar-refractivity contribution in [2.24, 2.45) is 5.92 Å². The zero-order valence-electron chi connectivity index (χ0n) is 14.1. The third kappa shape index (κ3) is 6.82. The molecule has 21 heavy (non-hydrogen) atoms. The van der Waals surface area contributed by atoms with Gasteiger partial charge in [-0.05, 0) is 46.5 Å². The molecule has 1 unspecified atom stereocenters. The molecule has 1 aliphatic rings. The van der Waals surface area contributed by atoms with Crippen LogP contribution in [-0.4, -0.2) is 42.1 Å². The van der Waals surface area contributed by atoms with Crippen LogP contribution >= 0.6 is 0 Å². The highest BCUT2D eigenvalue weighted by molar-refractivity contribution is 5.82. The minimum atomic E-state index is -0.544. The summed E-state index contributed by atoms with van der Waals surface area (Å²) in [6, 6.07) is 0.171. The first-order valence-electron chi connectivity index (χ1n) is 7.92. The van der Waals surface area contributed by atoms with Crippen molar-refractivity contribution in [3.63, 3.8) is 0 Å². The van der Waals surface area contributed by atoms with Crippen LogP contribution in [0.2, 0.25) is 0 Å². The molecule has 1 atom stereocenters. The van der Waals surface area contributed by atoms with E-state index in [1.54, 1.807) is 7.05 Å². The molecule has 0 radical (unpaired) electrons. The molecule has 0 bridgehead atoms. The Kier molecular flexibility index (Phi) is 6.49.